The lowest BCUT2D eigenvalue weighted by Crippen LogP contribution is -2.36. The summed E-state index contributed by atoms with van der Waals surface area (Å²) in [6.45, 7) is 5.35. The maximum atomic E-state index is 14.4. The Morgan fingerprint density at radius 3 is 2.62 bits per heavy atom. The molecule has 1 amide bonds. The van der Waals surface area contributed by atoms with Crippen molar-refractivity contribution < 1.29 is 18.7 Å². The molecular formula is C31H31ClF2N4O4. The van der Waals surface area contributed by atoms with Crippen molar-refractivity contribution in [1.82, 2.24) is 14.5 Å². The maximum Gasteiger partial charge on any atom is 0.333 e. The number of nitrogens with zero attached hydrogens (tertiary/aromatic N) is 1. The summed E-state index contributed by atoms with van der Waals surface area (Å²) in [5.74, 6) is -3.46. The van der Waals surface area contributed by atoms with Gasteiger partial charge in [-0.3, -0.25) is 9.59 Å². The summed E-state index contributed by atoms with van der Waals surface area (Å²) in [4.78, 5) is 45.0. The van der Waals surface area contributed by atoms with Gasteiger partial charge in [-0.1, -0.05) is 12.1 Å². The van der Waals surface area contributed by atoms with Crippen molar-refractivity contribution in [3.05, 3.63) is 96.4 Å². The van der Waals surface area contributed by atoms with E-state index in [1.54, 1.807) is 32.9 Å². The lowest BCUT2D eigenvalue weighted by Gasteiger charge is -2.35. The fraction of sp³-hybridized carbons (Fsp3) is 0.387. The third-order valence-electron chi connectivity index (χ3n) is 9.13. The zero-order chi connectivity index (χ0) is 30.2. The van der Waals surface area contributed by atoms with E-state index in [0.29, 0.717) is 30.2 Å². The van der Waals surface area contributed by atoms with Gasteiger partial charge in [-0.2, -0.15) is 0 Å². The van der Waals surface area contributed by atoms with Crippen molar-refractivity contribution in [3.63, 3.8) is 0 Å². The van der Waals surface area contributed by atoms with E-state index in [4.69, 9.17) is 17.3 Å². The van der Waals surface area contributed by atoms with E-state index < -0.39 is 51.6 Å². The van der Waals surface area contributed by atoms with Gasteiger partial charge in [0.1, 0.15) is 5.82 Å². The number of aromatic amines is 2. The molecule has 5 N–H and O–H groups in total. The number of hydrogen-bond acceptors (Lipinski definition) is 4. The first-order valence-corrected chi connectivity index (χ1v) is 14.3. The van der Waals surface area contributed by atoms with Gasteiger partial charge in [-0.25, -0.2) is 18.1 Å². The van der Waals surface area contributed by atoms with Crippen molar-refractivity contribution in [2.24, 2.45) is 11.7 Å². The molecule has 4 atom stereocenters. The number of aromatic nitrogens is 3. The predicted molar refractivity (Wildman–Crippen MR) is 155 cm³/mol. The van der Waals surface area contributed by atoms with Crippen LogP contribution in [0.1, 0.15) is 72.2 Å². The number of carbonyl (C=O) groups is 1. The average molecular weight is 597 g/mol. The molecule has 2 aliphatic rings. The van der Waals surface area contributed by atoms with Crippen molar-refractivity contribution in [2.75, 3.05) is 0 Å². The molecule has 0 saturated carbocycles. The third kappa shape index (κ3) is 4.39. The van der Waals surface area contributed by atoms with Gasteiger partial charge in [-0.15, -0.1) is 11.6 Å². The number of rotatable bonds is 4. The number of primary amides is 1. The van der Waals surface area contributed by atoms with Crippen LogP contribution >= 0.6 is 11.6 Å². The zero-order valence-corrected chi connectivity index (χ0v) is 24.1. The van der Waals surface area contributed by atoms with E-state index in [0.717, 1.165) is 39.4 Å². The van der Waals surface area contributed by atoms with Crippen molar-refractivity contribution in [1.29, 1.82) is 0 Å². The highest BCUT2D eigenvalue weighted by Crippen LogP contribution is 2.50. The number of halogens is 3. The maximum absolute atomic E-state index is 14.4. The van der Waals surface area contributed by atoms with Gasteiger partial charge in [0.15, 0.2) is 5.82 Å². The minimum Gasteiger partial charge on any atom is -0.390 e. The van der Waals surface area contributed by atoms with E-state index in [-0.39, 0.29) is 28.9 Å². The number of benzene rings is 2. The van der Waals surface area contributed by atoms with Gasteiger partial charge in [0.25, 0.3) is 5.56 Å². The van der Waals surface area contributed by atoms with Crippen molar-refractivity contribution in [2.45, 2.75) is 69.3 Å². The lowest BCUT2D eigenvalue weighted by atomic mass is 9.71. The van der Waals surface area contributed by atoms with Crippen LogP contribution in [0.5, 0.6) is 0 Å². The summed E-state index contributed by atoms with van der Waals surface area (Å²) in [5, 5.41) is 9.86. The second-order valence-corrected chi connectivity index (χ2v) is 12.6. The van der Waals surface area contributed by atoms with Crippen molar-refractivity contribution in [3.8, 4) is 5.69 Å². The van der Waals surface area contributed by atoms with Crippen LogP contribution in [0.2, 0.25) is 0 Å². The van der Waals surface area contributed by atoms with Crippen LogP contribution in [-0.4, -0.2) is 36.5 Å². The van der Waals surface area contributed by atoms with Gasteiger partial charge in [0, 0.05) is 28.7 Å². The molecule has 2 heterocycles. The molecule has 11 heteroatoms. The van der Waals surface area contributed by atoms with Crippen LogP contribution in [0, 0.1) is 24.5 Å². The average Bonchev–Trinajstić information content (AvgIpc) is 3.28. The Kier molecular flexibility index (Phi) is 6.69. The fourth-order valence-electron chi connectivity index (χ4n) is 6.94. The number of alkyl halides is 1. The molecule has 0 bridgehead atoms. The molecule has 0 spiro atoms. The van der Waals surface area contributed by atoms with Crippen LogP contribution in [0.25, 0.3) is 16.6 Å². The zero-order valence-electron chi connectivity index (χ0n) is 23.4. The third-order valence-corrected chi connectivity index (χ3v) is 9.56. The number of nitrogens with one attached hydrogen (secondary N) is 2. The number of hydrogen-bond donors (Lipinski definition) is 4. The molecule has 4 aromatic rings. The second-order valence-electron chi connectivity index (χ2n) is 12.1. The summed E-state index contributed by atoms with van der Waals surface area (Å²) in [5.41, 5.74) is 8.03. The van der Waals surface area contributed by atoms with E-state index >= 15 is 0 Å². The topological polar surface area (TPSA) is 134 Å². The normalized spacial score (nSPS) is 22.2. The minimum atomic E-state index is -1.04. The molecule has 220 valence electrons. The van der Waals surface area contributed by atoms with Gasteiger partial charge < -0.3 is 20.8 Å². The predicted octanol–water partition coefficient (Wildman–Crippen LogP) is 4.18. The highest BCUT2D eigenvalue weighted by molar-refractivity contribution is 6.22. The van der Waals surface area contributed by atoms with Crippen LogP contribution in [0.4, 0.5) is 8.78 Å². The molecule has 0 radical (unpaired) electrons. The van der Waals surface area contributed by atoms with Gasteiger partial charge >= 0.3 is 5.69 Å². The summed E-state index contributed by atoms with van der Waals surface area (Å²) < 4.78 is 29.3. The lowest BCUT2D eigenvalue weighted by molar-refractivity contribution is -0.119. The first-order valence-electron chi connectivity index (χ1n) is 13.9. The summed E-state index contributed by atoms with van der Waals surface area (Å²) in [6.07, 6.45) is 2.30. The van der Waals surface area contributed by atoms with Crippen LogP contribution < -0.4 is 17.0 Å². The molecule has 2 aromatic carbocycles. The molecule has 0 saturated heterocycles. The highest BCUT2D eigenvalue weighted by Gasteiger charge is 2.43. The smallest absolute Gasteiger partial charge is 0.333 e. The molecular weight excluding hydrogens is 566 g/mol. The van der Waals surface area contributed by atoms with Gasteiger partial charge in [0.05, 0.1) is 28.1 Å². The Hall–Kier alpha value is -3.76. The van der Waals surface area contributed by atoms with E-state index in [1.807, 2.05) is 6.07 Å². The van der Waals surface area contributed by atoms with E-state index in [2.05, 4.69) is 9.97 Å². The van der Waals surface area contributed by atoms with Gasteiger partial charge in [-0.05, 0) is 86.8 Å². The summed E-state index contributed by atoms with van der Waals surface area (Å²) in [6, 6.07) is 6.67. The Labute approximate surface area is 244 Å². The first kappa shape index (κ1) is 28.4. The number of nitrogens with two attached hydrogens (primary N) is 1. The quantitative estimate of drug-likeness (QED) is 0.263. The molecule has 2 aliphatic carbocycles. The first-order chi connectivity index (χ1) is 19.8. The van der Waals surface area contributed by atoms with Crippen molar-refractivity contribution >= 4 is 28.4 Å². The second kappa shape index (κ2) is 9.91. The monoisotopic (exact) mass is 596 g/mol. The molecule has 0 fully saturated rings. The summed E-state index contributed by atoms with van der Waals surface area (Å²) in [7, 11) is 0. The largest absolute Gasteiger partial charge is 0.390 e. The number of carbonyl (C=O) groups excluding carboxylic acids is 1. The fourth-order valence-corrected chi connectivity index (χ4v) is 7.38. The number of aliphatic hydroxyl groups is 1. The molecule has 6 rings (SSSR count). The number of amides is 1. The minimum absolute atomic E-state index is 0.0219. The number of H-pyrrole nitrogens is 2. The molecule has 0 aliphatic heterocycles. The SMILES string of the molecule is Cc1c(C2c3c([nH]c4c3CC[C@H](C(C)(C)O)C4)[C@@H](C(N)=O)C[C@H]2Cl)cccc1-n1c(=O)[nH]c2c(F)cc(F)cc2c1=O. The standard InChI is InChI=1S/C31H31ClF2N4O4/c1-13-16(5-4-6-23(13)38-29(40)19-10-15(33)11-21(34)26(19)37-30(38)41)24-20(32)12-18(28(35)39)27-25(24)17-8-7-14(31(2,3)42)9-22(17)36-27/h4-6,10-11,14,18,20,24,36,42H,7-9,12H2,1-3H3,(H2,35,39)(H,37,41)/t14-,18-,20+,24?/m0/s1. The van der Waals surface area contributed by atoms with E-state index in [9.17, 15) is 28.3 Å². The van der Waals surface area contributed by atoms with Crippen LogP contribution in [-0.2, 0) is 17.6 Å². The van der Waals surface area contributed by atoms with Gasteiger partial charge in [0.2, 0.25) is 5.91 Å². The Balaban J connectivity index is 1.54. The molecule has 1 unspecified atom stereocenters. The molecule has 2 aromatic heterocycles. The number of fused-ring (bicyclic) bond motifs is 4. The Morgan fingerprint density at radius 1 is 1.19 bits per heavy atom. The molecule has 42 heavy (non-hydrogen) atoms. The van der Waals surface area contributed by atoms with E-state index in [1.165, 1.54) is 0 Å². The highest BCUT2D eigenvalue weighted by atomic mass is 35.5. The van der Waals surface area contributed by atoms with Crippen LogP contribution in [0.15, 0.2) is 39.9 Å². The Morgan fingerprint density at radius 2 is 1.93 bits per heavy atom. The Bertz CT molecular complexity index is 1890. The van der Waals surface area contributed by atoms with Crippen LogP contribution in [0.3, 0.4) is 0 Å². The molecule has 8 nitrogen and oxygen atoms in total. The summed E-state index contributed by atoms with van der Waals surface area (Å²) >= 11 is 7.05.